The van der Waals surface area contributed by atoms with Gasteiger partial charge in [0.1, 0.15) is 18.4 Å². The molecule has 4 nitrogen and oxygen atoms in total. The fourth-order valence-corrected chi connectivity index (χ4v) is 2.95. The van der Waals surface area contributed by atoms with Gasteiger partial charge in [-0.25, -0.2) is 0 Å². The number of aliphatic carboxylic acids is 1. The van der Waals surface area contributed by atoms with E-state index in [4.69, 9.17) is 4.74 Å². The van der Waals surface area contributed by atoms with Crippen LogP contribution in [0.4, 0.5) is 0 Å². The van der Waals surface area contributed by atoms with E-state index < -0.39 is 5.97 Å². The Morgan fingerprint density at radius 1 is 1.29 bits per heavy atom. The number of ether oxygens (including phenoxy) is 1. The second-order valence-corrected chi connectivity index (χ2v) is 5.89. The zero-order valence-corrected chi connectivity index (χ0v) is 13.2. The number of hydrogen-bond donors (Lipinski definition) is 1. The first-order valence-corrected chi connectivity index (χ1v) is 7.67. The fraction of sp³-hybridized carbons (Fsp3) is 0.588. The summed E-state index contributed by atoms with van der Waals surface area (Å²) >= 11 is 0. The van der Waals surface area contributed by atoms with E-state index in [9.17, 15) is 9.90 Å². The van der Waals surface area contributed by atoms with Gasteiger partial charge in [0.25, 0.3) is 0 Å². The lowest BCUT2D eigenvalue weighted by Crippen LogP contribution is -2.46. The molecule has 1 N–H and O–H groups in total. The molecule has 1 atom stereocenters. The molecular formula is C17H25NO3. The van der Waals surface area contributed by atoms with E-state index in [0.29, 0.717) is 13.2 Å². The number of carboxylic acid groups (broad SMARTS) is 1. The maximum Gasteiger partial charge on any atom is 0.320 e. The van der Waals surface area contributed by atoms with Crippen LogP contribution in [0.3, 0.4) is 0 Å². The predicted octanol–water partition coefficient (Wildman–Crippen LogP) is 2.93. The van der Waals surface area contributed by atoms with Crippen molar-refractivity contribution < 1.29 is 14.6 Å². The standard InChI is InChI=1S/C17H25NO3/c1-12-7-8-13(2)16(14(12)3)21-11-10-18-9-5-4-6-15(18)17(19)20/h7-8,15H,4-6,9-11H2,1-3H3,(H,19,20). The number of nitrogens with zero attached hydrogens (tertiary/aromatic N) is 1. The molecule has 1 unspecified atom stereocenters. The second kappa shape index (κ2) is 6.94. The molecule has 116 valence electrons. The number of carbonyl (C=O) groups is 1. The summed E-state index contributed by atoms with van der Waals surface area (Å²) in [5, 5.41) is 9.27. The van der Waals surface area contributed by atoms with Crippen molar-refractivity contribution in [2.45, 2.75) is 46.1 Å². The third-order valence-corrected chi connectivity index (χ3v) is 4.40. The second-order valence-electron chi connectivity index (χ2n) is 5.89. The molecule has 4 heteroatoms. The lowest BCUT2D eigenvalue weighted by Gasteiger charge is -2.32. The zero-order valence-electron chi connectivity index (χ0n) is 13.2. The molecular weight excluding hydrogens is 266 g/mol. The Kier molecular flexibility index (Phi) is 5.23. The van der Waals surface area contributed by atoms with Crippen LogP contribution in [0.2, 0.25) is 0 Å². The van der Waals surface area contributed by atoms with Crippen LogP contribution in [-0.2, 0) is 4.79 Å². The summed E-state index contributed by atoms with van der Waals surface area (Å²) in [5.74, 6) is 0.233. The van der Waals surface area contributed by atoms with Gasteiger partial charge in [-0.2, -0.15) is 0 Å². The van der Waals surface area contributed by atoms with Gasteiger partial charge in [0.15, 0.2) is 0 Å². The number of benzene rings is 1. The van der Waals surface area contributed by atoms with Gasteiger partial charge in [-0.1, -0.05) is 18.6 Å². The summed E-state index contributed by atoms with van der Waals surface area (Å²) < 4.78 is 5.94. The van der Waals surface area contributed by atoms with Crippen molar-refractivity contribution in [3.8, 4) is 5.75 Å². The minimum Gasteiger partial charge on any atom is -0.492 e. The highest BCUT2D eigenvalue weighted by atomic mass is 16.5. The van der Waals surface area contributed by atoms with Crippen molar-refractivity contribution >= 4 is 5.97 Å². The number of rotatable bonds is 5. The van der Waals surface area contributed by atoms with Gasteiger partial charge in [0, 0.05) is 6.54 Å². The largest absolute Gasteiger partial charge is 0.492 e. The van der Waals surface area contributed by atoms with Crippen LogP contribution >= 0.6 is 0 Å². The Labute approximate surface area is 126 Å². The first-order chi connectivity index (χ1) is 10.0. The molecule has 1 aliphatic rings. The quantitative estimate of drug-likeness (QED) is 0.906. The number of carboxylic acids is 1. The molecule has 21 heavy (non-hydrogen) atoms. The molecule has 1 heterocycles. The van der Waals surface area contributed by atoms with E-state index in [1.807, 2.05) is 11.8 Å². The average molecular weight is 291 g/mol. The number of aryl methyl sites for hydroxylation is 2. The lowest BCUT2D eigenvalue weighted by atomic mass is 10.0. The van der Waals surface area contributed by atoms with Gasteiger partial charge in [-0.15, -0.1) is 0 Å². The third-order valence-electron chi connectivity index (χ3n) is 4.40. The van der Waals surface area contributed by atoms with Gasteiger partial charge in [-0.05, 0) is 56.8 Å². The summed E-state index contributed by atoms with van der Waals surface area (Å²) in [6, 6.07) is 3.82. The van der Waals surface area contributed by atoms with Crippen LogP contribution in [0.25, 0.3) is 0 Å². The van der Waals surface area contributed by atoms with E-state index in [-0.39, 0.29) is 6.04 Å². The topological polar surface area (TPSA) is 49.8 Å². The maximum absolute atomic E-state index is 11.3. The highest BCUT2D eigenvalue weighted by molar-refractivity contribution is 5.73. The Bertz CT molecular complexity index is 513. The molecule has 1 fully saturated rings. The van der Waals surface area contributed by atoms with Gasteiger partial charge < -0.3 is 9.84 Å². The van der Waals surface area contributed by atoms with Crippen LogP contribution in [0.5, 0.6) is 5.75 Å². The van der Waals surface area contributed by atoms with Crippen LogP contribution in [0.15, 0.2) is 12.1 Å². The van der Waals surface area contributed by atoms with E-state index in [0.717, 1.165) is 37.1 Å². The Morgan fingerprint density at radius 2 is 2.00 bits per heavy atom. The van der Waals surface area contributed by atoms with Gasteiger partial charge in [0.2, 0.25) is 0 Å². The van der Waals surface area contributed by atoms with E-state index in [2.05, 4.69) is 26.0 Å². The minimum atomic E-state index is -0.711. The van der Waals surface area contributed by atoms with Crippen LogP contribution in [0, 0.1) is 20.8 Å². The first-order valence-electron chi connectivity index (χ1n) is 7.67. The highest BCUT2D eigenvalue weighted by Crippen LogP contribution is 2.26. The van der Waals surface area contributed by atoms with Crippen molar-refractivity contribution in [2.75, 3.05) is 19.7 Å². The van der Waals surface area contributed by atoms with Crippen molar-refractivity contribution in [3.63, 3.8) is 0 Å². The van der Waals surface area contributed by atoms with Crippen molar-refractivity contribution in [1.82, 2.24) is 4.90 Å². The van der Waals surface area contributed by atoms with Gasteiger partial charge >= 0.3 is 5.97 Å². The molecule has 0 aromatic heterocycles. The van der Waals surface area contributed by atoms with Gasteiger partial charge in [0.05, 0.1) is 0 Å². The molecule has 2 rings (SSSR count). The van der Waals surface area contributed by atoms with Gasteiger partial charge in [-0.3, -0.25) is 9.69 Å². The smallest absolute Gasteiger partial charge is 0.320 e. The number of piperidine rings is 1. The minimum absolute atomic E-state index is 0.345. The molecule has 1 aromatic rings. The maximum atomic E-state index is 11.3. The number of hydrogen-bond acceptors (Lipinski definition) is 3. The SMILES string of the molecule is Cc1ccc(C)c(OCCN2CCCCC2C(=O)O)c1C. The van der Waals surface area contributed by atoms with E-state index >= 15 is 0 Å². The monoisotopic (exact) mass is 291 g/mol. The highest BCUT2D eigenvalue weighted by Gasteiger charge is 2.27. The first kappa shape index (κ1) is 15.8. The van der Waals surface area contributed by atoms with Crippen LogP contribution in [-0.4, -0.2) is 41.7 Å². The Balaban J connectivity index is 1.95. The molecule has 1 aliphatic heterocycles. The molecule has 1 saturated heterocycles. The zero-order chi connectivity index (χ0) is 15.4. The predicted molar refractivity (Wildman–Crippen MR) is 83.0 cm³/mol. The molecule has 0 aliphatic carbocycles. The normalized spacial score (nSPS) is 19.5. The lowest BCUT2D eigenvalue weighted by molar-refractivity contribution is -0.144. The summed E-state index contributed by atoms with van der Waals surface area (Å²) in [6.07, 6.45) is 2.83. The van der Waals surface area contributed by atoms with Crippen molar-refractivity contribution in [1.29, 1.82) is 0 Å². The molecule has 1 aromatic carbocycles. The Morgan fingerprint density at radius 3 is 2.71 bits per heavy atom. The van der Waals surface area contributed by atoms with Crippen LogP contribution < -0.4 is 4.74 Å². The molecule has 0 amide bonds. The summed E-state index contributed by atoms with van der Waals surface area (Å²) in [4.78, 5) is 13.3. The number of likely N-dealkylation sites (tertiary alicyclic amines) is 1. The molecule has 0 bridgehead atoms. The van der Waals surface area contributed by atoms with E-state index in [1.165, 1.54) is 11.1 Å². The Hall–Kier alpha value is -1.55. The summed E-state index contributed by atoms with van der Waals surface area (Å²) in [5.41, 5.74) is 3.52. The molecule has 0 spiro atoms. The van der Waals surface area contributed by atoms with E-state index in [1.54, 1.807) is 0 Å². The van der Waals surface area contributed by atoms with Crippen LogP contribution in [0.1, 0.15) is 36.0 Å². The third kappa shape index (κ3) is 3.76. The molecule has 0 saturated carbocycles. The van der Waals surface area contributed by atoms with Crippen molar-refractivity contribution in [2.24, 2.45) is 0 Å². The van der Waals surface area contributed by atoms with Crippen molar-refractivity contribution in [3.05, 3.63) is 28.8 Å². The fourth-order valence-electron chi connectivity index (χ4n) is 2.95. The summed E-state index contributed by atoms with van der Waals surface area (Å²) in [6.45, 7) is 8.25. The summed E-state index contributed by atoms with van der Waals surface area (Å²) in [7, 11) is 0. The molecule has 0 radical (unpaired) electrons. The average Bonchev–Trinajstić information content (AvgIpc) is 2.47.